The Morgan fingerprint density at radius 2 is 2.00 bits per heavy atom. The standard InChI is InChI=1S/C16H7Cl2N5O3S2/c17-11-3-1-8(6-12(11)18)14(24)20-15-21-22-16(28-15)27-13-4-2-10(23(25)26)5-9(13)7-19/h1-6H,(H,20,21,24). The third-order valence-electron chi connectivity index (χ3n) is 3.30. The first-order valence-corrected chi connectivity index (χ1v) is 9.72. The van der Waals surface area contributed by atoms with Gasteiger partial charge in [0, 0.05) is 22.6 Å². The molecule has 3 rings (SSSR count). The van der Waals surface area contributed by atoms with E-state index in [0.29, 0.717) is 19.8 Å². The van der Waals surface area contributed by atoms with Crippen molar-refractivity contribution in [1.82, 2.24) is 10.2 Å². The molecule has 0 bridgehead atoms. The number of non-ortho nitro benzene ring substituents is 1. The SMILES string of the molecule is N#Cc1cc([N+](=O)[O-])ccc1Sc1nnc(NC(=O)c2ccc(Cl)c(Cl)c2)s1. The van der Waals surface area contributed by atoms with Crippen molar-refractivity contribution in [2.24, 2.45) is 0 Å². The lowest BCUT2D eigenvalue weighted by atomic mass is 10.2. The van der Waals surface area contributed by atoms with Crippen LogP contribution in [-0.2, 0) is 0 Å². The van der Waals surface area contributed by atoms with Gasteiger partial charge in [-0.25, -0.2) is 0 Å². The van der Waals surface area contributed by atoms with Crippen LogP contribution in [0.3, 0.4) is 0 Å². The number of nitriles is 1. The fourth-order valence-electron chi connectivity index (χ4n) is 2.01. The molecule has 0 atom stereocenters. The van der Waals surface area contributed by atoms with E-state index in [1.54, 1.807) is 0 Å². The number of benzene rings is 2. The van der Waals surface area contributed by atoms with Gasteiger partial charge in [-0.2, -0.15) is 5.26 Å². The van der Waals surface area contributed by atoms with E-state index >= 15 is 0 Å². The molecule has 0 saturated heterocycles. The number of nitro benzene ring substituents is 1. The highest BCUT2D eigenvalue weighted by Gasteiger charge is 2.15. The lowest BCUT2D eigenvalue weighted by molar-refractivity contribution is -0.384. The Morgan fingerprint density at radius 1 is 1.21 bits per heavy atom. The molecule has 0 radical (unpaired) electrons. The largest absolute Gasteiger partial charge is 0.296 e. The van der Waals surface area contributed by atoms with Crippen molar-refractivity contribution in [3.05, 3.63) is 67.7 Å². The summed E-state index contributed by atoms with van der Waals surface area (Å²) in [6.07, 6.45) is 0. The molecule has 1 amide bonds. The number of carbonyl (C=O) groups excluding carboxylic acids is 1. The molecule has 3 aromatic rings. The minimum atomic E-state index is -0.573. The summed E-state index contributed by atoms with van der Waals surface area (Å²) in [5.41, 5.74) is 0.282. The molecule has 8 nitrogen and oxygen atoms in total. The summed E-state index contributed by atoms with van der Waals surface area (Å²) in [5, 5.41) is 31.3. The number of nitrogens with one attached hydrogen (secondary N) is 1. The molecule has 0 aliphatic carbocycles. The number of aromatic nitrogens is 2. The molecule has 0 aliphatic rings. The molecule has 0 saturated carbocycles. The van der Waals surface area contributed by atoms with Gasteiger partial charge in [0.1, 0.15) is 6.07 Å². The van der Waals surface area contributed by atoms with Crippen LogP contribution in [0.15, 0.2) is 45.6 Å². The van der Waals surface area contributed by atoms with E-state index in [2.05, 4.69) is 15.5 Å². The summed E-state index contributed by atoms with van der Waals surface area (Å²) in [6, 6.07) is 10.4. The summed E-state index contributed by atoms with van der Waals surface area (Å²) >= 11 is 13.9. The minimum Gasteiger partial charge on any atom is -0.296 e. The number of nitrogens with zero attached hydrogens (tertiary/aromatic N) is 4. The molecule has 0 spiro atoms. The Hall–Kier alpha value is -2.71. The second kappa shape index (κ2) is 8.53. The van der Waals surface area contributed by atoms with Gasteiger partial charge in [0.05, 0.1) is 20.5 Å². The van der Waals surface area contributed by atoms with E-state index in [4.69, 9.17) is 23.2 Å². The van der Waals surface area contributed by atoms with Crippen molar-refractivity contribution in [1.29, 1.82) is 5.26 Å². The van der Waals surface area contributed by atoms with Gasteiger partial charge >= 0.3 is 0 Å². The zero-order chi connectivity index (χ0) is 20.3. The fourth-order valence-corrected chi connectivity index (χ4v) is 4.07. The number of hydrogen-bond acceptors (Lipinski definition) is 8. The quantitative estimate of drug-likeness (QED) is 0.327. The number of amides is 1. The first kappa shape index (κ1) is 20.0. The van der Waals surface area contributed by atoms with Crippen LogP contribution in [0.25, 0.3) is 0 Å². The predicted octanol–water partition coefficient (Wildman–Crippen LogP) is 5.03. The zero-order valence-corrected chi connectivity index (χ0v) is 16.7. The predicted molar refractivity (Wildman–Crippen MR) is 106 cm³/mol. The number of hydrogen-bond donors (Lipinski definition) is 1. The Kier molecular flexibility index (Phi) is 6.11. The van der Waals surface area contributed by atoms with Crippen LogP contribution in [0.5, 0.6) is 0 Å². The smallest absolute Gasteiger partial charge is 0.270 e. The number of rotatable bonds is 5. The number of nitro groups is 1. The van der Waals surface area contributed by atoms with Crippen molar-refractivity contribution < 1.29 is 9.72 Å². The van der Waals surface area contributed by atoms with E-state index in [0.717, 1.165) is 23.1 Å². The van der Waals surface area contributed by atoms with Crippen LogP contribution in [0.2, 0.25) is 10.0 Å². The van der Waals surface area contributed by atoms with Crippen LogP contribution < -0.4 is 5.32 Å². The molecule has 28 heavy (non-hydrogen) atoms. The minimum absolute atomic E-state index is 0.149. The maximum Gasteiger partial charge on any atom is 0.270 e. The summed E-state index contributed by atoms with van der Waals surface area (Å²) < 4.78 is 0.454. The summed E-state index contributed by atoms with van der Waals surface area (Å²) in [7, 11) is 0. The third kappa shape index (κ3) is 4.58. The van der Waals surface area contributed by atoms with E-state index in [1.807, 2.05) is 6.07 Å². The average Bonchev–Trinajstić information content (AvgIpc) is 3.10. The first-order valence-electron chi connectivity index (χ1n) is 7.33. The van der Waals surface area contributed by atoms with E-state index in [1.165, 1.54) is 36.4 Å². The van der Waals surface area contributed by atoms with Crippen LogP contribution in [0.1, 0.15) is 15.9 Å². The van der Waals surface area contributed by atoms with Gasteiger partial charge in [0.25, 0.3) is 11.6 Å². The lowest BCUT2D eigenvalue weighted by Gasteiger charge is -2.02. The molecule has 1 N–H and O–H groups in total. The highest BCUT2D eigenvalue weighted by atomic mass is 35.5. The van der Waals surface area contributed by atoms with Crippen molar-refractivity contribution in [3.63, 3.8) is 0 Å². The van der Waals surface area contributed by atoms with Crippen molar-refractivity contribution in [2.45, 2.75) is 9.24 Å². The van der Waals surface area contributed by atoms with Crippen LogP contribution in [0.4, 0.5) is 10.8 Å². The maximum atomic E-state index is 12.3. The molecule has 0 fully saturated rings. The van der Waals surface area contributed by atoms with Gasteiger partial charge in [0.15, 0.2) is 4.34 Å². The summed E-state index contributed by atoms with van der Waals surface area (Å²) in [5.74, 6) is -0.431. The van der Waals surface area contributed by atoms with Gasteiger partial charge in [-0.05, 0) is 24.3 Å². The molecule has 1 heterocycles. The Morgan fingerprint density at radius 3 is 2.68 bits per heavy atom. The summed E-state index contributed by atoms with van der Waals surface area (Å²) in [6.45, 7) is 0. The fraction of sp³-hybridized carbons (Fsp3) is 0. The van der Waals surface area contributed by atoms with E-state index in [-0.39, 0.29) is 21.4 Å². The molecule has 0 aliphatic heterocycles. The van der Waals surface area contributed by atoms with Crippen molar-refractivity contribution >= 4 is 63.0 Å². The Labute approximate surface area is 176 Å². The first-order chi connectivity index (χ1) is 13.4. The molecule has 0 unspecified atom stereocenters. The lowest BCUT2D eigenvalue weighted by Crippen LogP contribution is -2.11. The van der Waals surface area contributed by atoms with Gasteiger partial charge in [-0.1, -0.05) is 46.3 Å². The normalized spacial score (nSPS) is 10.3. The van der Waals surface area contributed by atoms with Crippen LogP contribution in [0, 0.1) is 21.4 Å². The zero-order valence-electron chi connectivity index (χ0n) is 13.6. The van der Waals surface area contributed by atoms with Crippen LogP contribution >= 0.6 is 46.3 Å². The molecule has 1 aromatic heterocycles. The van der Waals surface area contributed by atoms with Crippen LogP contribution in [-0.4, -0.2) is 21.0 Å². The number of anilines is 1. The highest BCUT2D eigenvalue weighted by molar-refractivity contribution is 8.01. The monoisotopic (exact) mass is 451 g/mol. The maximum absolute atomic E-state index is 12.3. The van der Waals surface area contributed by atoms with Gasteiger partial charge < -0.3 is 0 Å². The van der Waals surface area contributed by atoms with E-state index < -0.39 is 10.8 Å². The number of carbonyl (C=O) groups is 1. The molecule has 2 aromatic carbocycles. The third-order valence-corrected chi connectivity index (χ3v) is 6.00. The van der Waals surface area contributed by atoms with Crippen molar-refractivity contribution in [2.75, 3.05) is 5.32 Å². The second-order valence-corrected chi connectivity index (χ2v) is 8.19. The number of halogens is 2. The molecule has 12 heteroatoms. The highest BCUT2D eigenvalue weighted by Crippen LogP contribution is 2.35. The second-order valence-electron chi connectivity index (χ2n) is 5.11. The van der Waals surface area contributed by atoms with E-state index in [9.17, 15) is 20.2 Å². The summed E-state index contributed by atoms with van der Waals surface area (Å²) in [4.78, 5) is 23.0. The molecular formula is C16H7Cl2N5O3S2. The molecular weight excluding hydrogens is 445 g/mol. The van der Waals surface area contributed by atoms with Gasteiger partial charge in [-0.3, -0.25) is 20.2 Å². The Balaban J connectivity index is 1.74. The Bertz CT molecular complexity index is 1130. The van der Waals surface area contributed by atoms with Gasteiger partial charge in [0.2, 0.25) is 5.13 Å². The van der Waals surface area contributed by atoms with Crippen molar-refractivity contribution in [3.8, 4) is 6.07 Å². The average molecular weight is 452 g/mol. The molecule has 140 valence electrons. The topological polar surface area (TPSA) is 122 Å². The van der Waals surface area contributed by atoms with Gasteiger partial charge in [-0.15, -0.1) is 10.2 Å².